The molecule has 3 heteroatoms. The second kappa shape index (κ2) is 3.83. The molecule has 0 saturated carbocycles. The van der Waals surface area contributed by atoms with Gasteiger partial charge in [-0.3, -0.25) is 0 Å². The Hall–Kier alpha value is -1.12. The smallest absolute Gasteiger partial charge is 0.364 e. The lowest BCUT2D eigenvalue weighted by molar-refractivity contribution is -0.134. The van der Waals surface area contributed by atoms with Gasteiger partial charge in [0.05, 0.1) is 0 Å². The van der Waals surface area contributed by atoms with Crippen molar-refractivity contribution in [3.8, 4) is 0 Å². The van der Waals surface area contributed by atoms with Crippen LogP contribution < -0.4 is 0 Å². The standard InChI is InChI=1S/C6H7FO2/c1-2-3-4-5(7)6(8)9/h2-4H,1H3,(H,8,9)/b3-2+,5-4+. The maximum absolute atomic E-state index is 11.9. The first-order chi connectivity index (χ1) is 4.18. The summed E-state index contributed by atoms with van der Waals surface area (Å²) in [7, 11) is 0. The molecule has 0 unspecified atom stereocenters. The third-order valence-corrected chi connectivity index (χ3v) is 0.639. The van der Waals surface area contributed by atoms with Crippen LogP contribution in [-0.2, 0) is 4.79 Å². The van der Waals surface area contributed by atoms with E-state index >= 15 is 0 Å². The van der Waals surface area contributed by atoms with E-state index in [-0.39, 0.29) is 0 Å². The summed E-state index contributed by atoms with van der Waals surface area (Å²) < 4.78 is 11.9. The Balaban J connectivity index is 4.00. The lowest BCUT2D eigenvalue weighted by Crippen LogP contribution is -1.92. The highest BCUT2D eigenvalue weighted by atomic mass is 19.1. The van der Waals surface area contributed by atoms with Crippen LogP contribution in [0.3, 0.4) is 0 Å². The van der Waals surface area contributed by atoms with Crippen molar-refractivity contribution >= 4 is 5.97 Å². The lowest BCUT2D eigenvalue weighted by Gasteiger charge is -1.81. The maximum Gasteiger partial charge on any atom is 0.364 e. The minimum Gasteiger partial charge on any atom is -0.476 e. The summed E-state index contributed by atoms with van der Waals surface area (Å²) in [5.74, 6) is -2.68. The fourth-order valence-electron chi connectivity index (χ4n) is 0.252. The Kier molecular flexibility index (Phi) is 3.35. The molecule has 1 N–H and O–H groups in total. The highest BCUT2D eigenvalue weighted by molar-refractivity contribution is 5.84. The number of halogens is 1. The van der Waals surface area contributed by atoms with E-state index in [2.05, 4.69) is 0 Å². The quantitative estimate of drug-likeness (QED) is 0.454. The maximum atomic E-state index is 11.9. The van der Waals surface area contributed by atoms with E-state index < -0.39 is 11.8 Å². The number of allylic oxidation sites excluding steroid dienone is 3. The largest absolute Gasteiger partial charge is 0.476 e. The Morgan fingerprint density at radius 3 is 2.56 bits per heavy atom. The van der Waals surface area contributed by atoms with Crippen molar-refractivity contribution in [2.75, 3.05) is 0 Å². The average molecular weight is 130 g/mol. The van der Waals surface area contributed by atoms with Crippen molar-refractivity contribution in [2.24, 2.45) is 0 Å². The van der Waals surface area contributed by atoms with Crippen LogP contribution in [0.15, 0.2) is 24.1 Å². The van der Waals surface area contributed by atoms with Crippen molar-refractivity contribution < 1.29 is 14.3 Å². The molecular formula is C6H7FO2. The molecule has 9 heavy (non-hydrogen) atoms. The van der Waals surface area contributed by atoms with Gasteiger partial charge in [0, 0.05) is 0 Å². The van der Waals surface area contributed by atoms with Gasteiger partial charge in [-0.15, -0.1) is 0 Å². The molecule has 0 bridgehead atoms. The number of hydrogen-bond acceptors (Lipinski definition) is 1. The van der Waals surface area contributed by atoms with Gasteiger partial charge in [0.2, 0.25) is 5.83 Å². The highest BCUT2D eigenvalue weighted by Crippen LogP contribution is 1.94. The molecular weight excluding hydrogens is 123 g/mol. The fourth-order valence-corrected chi connectivity index (χ4v) is 0.252. The van der Waals surface area contributed by atoms with E-state index in [4.69, 9.17) is 5.11 Å². The molecule has 0 radical (unpaired) electrons. The van der Waals surface area contributed by atoms with Gasteiger partial charge in [-0.25, -0.2) is 4.79 Å². The Bertz CT molecular complexity index is 158. The predicted octanol–water partition coefficient (Wildman–Crippen LogP) is 1.50. The predicted molar refractivity (Wildman–Crippen MR) is 31.6 cm³/mol. The highest BCUT2D eigenvalue weighted by Gasteiger charge is 2.00. The van der Waals surface area contributed by atoms with E-state index in [0.29, 0.717) is 0 Å². The van der Waals surface area contributed by atoms with Crippen LogP contribution in [0, 0.1) is 0 Å². The van der Waals surface area contributed by atoms with Gasteiger partial charge < -0.3 is 5.11 Å². The third-order valence-electron chi connectivity index (χ3n) is 0.639. The molecule has 0 heterocycles. The van der Waals surface area contributed by atoms with E-state index in [0.717, 1.165) is 6.08 Å². The van der Waals surface area contributed by atoms with Gasteiger partial charge in [-0.05, 0) is 13.0 Å². The van der Waals surface area contributed by atoms with Crippen LogP contribution in [-0.4, -0.2) is 11.1 Å². The van der Waals surface area contributed by atoms with Gasteiger partial charge in [0.25, 0.3) is 0 Å². The molecule has 0 saturated heterocycles. The summed E-state index contributed by atoms with van der Waals surface area (Å²) in [6, 6.07) is 0. The van der Waals surface area contributed by atoms with E-state index in [9.17, 15) is 9.18 Å². The summed E-state index contributed by atoms with van der Waals surface area (Å²) in [5.41, 5.74) is 0. The van der Waals surface area contributed by atoms with Crippen LogP contribution in [0.4, 0.5) is 4.39 Å². The molecule has 0 amide bonds. The van der Waals surface area contributed by atoms with Gasteiger partial charge in [-0.2, -0.15) is 4.39 Å². The van der Waals surface area contributed by atoms with Gasteiger partial charge in [0.15, 0.2) is 0 Å². The van der Waals surface area contributed by atoms with Crippen molar-refractivity contribution in [1.29, 1.82) is 0 Å². The minimum atomic E-state index is -1.53. The molecule has 0 aliphatic heterocycles. The zero-order chi connectivity index (χ0) is 7.28. The number of carboxylic acids is 1. The van der Waals surface area contributed by atoms with Gasteiger partial charge in [-0.1, -0.05) is 12.2 Å². The van der Waals surface area contributed by atoms with E-state index in [1.165, 1.54) is 6.08 Å². The molecule has 0 aliphatic carbocycles. The van der Waals surface area contributed by atoms with Gasteiger partial charge in [0.1, 0.15) is 0 Å². The first-order valence-corrected chi connectivity index (χ1v) is 2.40. The lowest BCUT2D eigenvalue weighted by atomic mass is 10.4. The number of carbonyl (C=O) groups is 1. The normalized spacial score (nSPS) is 12.4. The monoisotopic (exact) mass is 130 g/mol. The van der Waals surface area contributed by atoms with Crippen LogP contribution in [0.25, 0.3) is 0 Å². The SMILES string of the molecule is C/C=C/C=C(/F)C(=O)O. The second-order valence-electron chi connectivity index (χ2n) is 1.35. The van der Waals surface area contributed by atoms with Crippen LogP contribution >= 0.6 is 0 Å². The molecule has 0 aromatic rings. The summed E-state index contributed by atoms with van der Waals surface area (Å²) >= 11 is 0. The summed E-state index contributed by atoms with van der Waals surface area (Å²) in [5, 5.41) is 7.93. The summed E-state index contributed by atoms with van der Waals surface area (Å²) in [4.78, 5) is 9.73. The number of rotatable bonds is 2. The molecule has 0 aromatic heterocycles. The zero-order valence-electron chi connectivity index (χ0n) is 4.97. The number of hydrogen-bond donors (Lipinski definition) is 1. The first kappa shape index (κ1) is 7.88. The Morgan fingerprint density at radius 1 is 1.67 bits per heavy atom. The summed E-state index contributed by atoms with van der Waals surface area (Å²) in [6.07, 6.45) is 3.76. The zero-order valence-corrected chi connectivity index (χ0v) is 4.97. The summed E-state index contributed by atoms with van der Waals surface area (Å²) in [6.45, 7) is 1.67. The average Bonchev–Trinajstić information content (AvgIpc) is 1.82. The fraction of sp³-hybridized carbons (Fsp3) is 0.167. The molecule has 0 rings (SSSR count). The Labute approximate surface area is 52.3 Å². The molecule has 0 aromatic carbocycles. The number of aliphatic carboxylic acids is 1. The number of carboxylic acid groups (broad SMARTS) is 1. The molecule has 0 atom stereocenters. The Morgan fingerprint density at radius 2 is 2.22 bits per heavy atom. The van der Waals surface area contributed by atoms with Crippen LogP contribution in [0.1, 0.15) is 6.92 Å². The third kappa shape index (κ3) is 3.46. The van der Waals surface area contributed by atoms with Gasteiger partial charge >= 0.3 is 5.97 Å². The van der Waals surface area contributed by atoms with Crippen molar-refractivity contribution in [3.05, 3.63) is 24.1 Å². The van der Waals surface area contributed by atoms with Crippen LogP contribution in [0.5, 0.6) is 0 Å². The molecule has 50 valence electrons. The molecule has 0 fully saturated rings. The van der Waals surface area contributed by atoms with E-state index in [1.54, 1.807) is 13.0 Å². The van der Waals surface area contributed by atoms with Crippen molar-refractivity contribution in [3.63, 3.8) is 0 Å². The molecule has 0 spiro atoms. The van der Waals surface area contributed by atoms with E-state index in [1.807, 2.05) is 0 Å². The first-order valence-electron chi connectivity index (χ1n) is 2.40. The van der Waals surface area contributed by atoms with Crippen molar-refractivity contribution in [1.82, 2.24) is 0 Å². The second-order valence-corrected chi connectivity index (χ2v) is 1.35. The van der Waals surface area contributed by atoms with Crippen LogP contribution in [0.2, 0.25) is 0 Å². The molecule has 0 aliphatic rings. The molecule has 2 nitrogen and oxygen atoms in total. The minimum absolute atomic E-state index is 0.891. The van der Waals surface area contributed by atoms with Crippen molar-refractivity contribution in [2.45, 2.75) is 6.92 Å². The topological polar surface area (TPSA) is 37.3 Å².